The van der Waals surface area contributed by atoms with E-state index >= 15 is 0 Å². The summed E-state index contributed by atoms with van der Waals surface area (Å²) in [5, 5.41) is 0.425. The minimum Gasteiger partial charge on any atom is -0.467 e. The average Bonchev–Trinajstić information content (AvgIpc) is 3.48. The topological polar surface area (TPSA) is 46.3 Å². The lowest BCUT2D eigenvalue weighted by Crippen LogP contribution is -2.30. The van der Waals surface area contributed by atoms with Crippen molar-refractivity contribution in [1.29, 1.82) is 0 Å². The highest BCUT2D eigenvalue weighted by molar-refractivity contribution is 7.22. The Morgan fingerprint density at radius 2 is 1.68 bits per heavy atom. The number of para-hydroxylation sites is 1. The van der Waals surface area contributed by atoms with Gasteiger partial charge in [0, 0.05) is 5.56 Å². The Morgan fingerprint density at radius 3 is 2.39 bits per heavy atom. The number of hydrogen-bond donors (Lipinski definition) is 0. The van der Waals surface area contributed by atoms with E-state index in [1.54, 1.807) is 42.7 Å². The highest BCUT2D eigenvalue weighted by Crippen LogP contribution is 2.32. The monoisotopic (exact) mass is 428 g/mol. The molecule has 152 valence electrons. The molecule has 5 aromatic rings. The highest BCUT2D eigenvalue weighted by atomic mass is 32.1. The summed E-state index contributed by atoms with van der Waals surface area (Å²) in [6.07, 6.45) is 1.56. The number of benzene rings is 3. The van der Waals surface area contributed by atoms with E-state index in [4.69, 9.17) is 4.42 Å². The number of aromatic nitrogens is 1. The fraction of sp³-hybridized carbons (Fsp3) is 0.0400. The molecule has 0 saturated carbocycles. The molecule has 0 aliphatic heterocycles. The third kappa shape index (κ3) is 3.85. The largest absolute Gasteiger partial charge is 0.467 e. The van der Waals surface area contributed by atoms with Crippen molar-refractivity contribution in [3.05, 3.63) is 108 Å². The molecule has 0 fully saturated rings. The highest BCUT2D eigenvalue weighted by Gasteiger charge is 2.23. The summed E-state index contributed by atoms with van der Waals surface area (Å²) >= 11 is 1.28. The fourth-order valence-electron chi connectivity index (χ4n) is 3.40. The van der Waals surface area contributed by atoms with Gasteiger partial charge in [-0.3, -0.25) is 9.69 Å². The number of carbonyl (C=O) groups is 1. The number of nitrogens with zero attached hydrogens (tertiary/aromatic N) is 2. The van der Waals surface area contributed by atoms with Gasteiger partial charge in [-0.15, -0.1) is 0 Å². The first-order chi connectivity index (χ1) is 15.2. The van der Waals surface area contributed by atoms with Crippen LogP contribution >= 0.6 is 11.3 Å². The minimum absolute atomic E-state index is 0.202. The van der Waals surface area contributed by atoms with Gasteiger partial charge >= 0.3 is 0 Å². The van der Waals surface area contributed by atoms with Gasteiger partial charge < -0.3 is 4.42 Å². The predicted molar refractivity (Wildman–Crippen MR) is 121 cm³/mol. The zero-order valence-electron chi connectivity index (χ0n) is 16.4. The van der Waals surface area contributed by atoms with Gasteiger partial charge in [-0.2, -0.15) is 0 Å². The molecule has 2 heterocycles. The number of thiazole rings is 1. The number of carbonyl (C=O) groups excluding carboxylic acids is 1. The molecule has 0 saturated heterocycles. The van der Waals surface area contributed by atoms with Gasteiger partial charge in [-0.05, 0) is 47.5 Å². The Balaban J connectivity index is 1.51. The summed E-state index contributed by atoms with van der Waals surface area (Å²) in [5.41, 5.74) is 2.89. The fourth-order valence-corrected chi connectivity index (χ4v) is 4.37. The zero-order valence-corrected chi connectivity index (χ0v) is 17.2. The van der Waals surface area contributed by atoms with E-state index in [2.05, 4.69) is 4.98 Å². The lowest BCUT2D eigenvalue weighted by Gasteiger charge is -2.19. The summed E-state index contributed by atoms with van der Waals surface area (Å²) in [6, 6.07) is 25.8. The molecular weight excluding hydrogens is 411 g/mol. The van der Waals surface area contributed by atoms with Crippen LogP contribution in [0.1, 0.15) is 16.1 Å². The van der Waals surface area contributed by atoms with E-state index in [1.807, 2.05) is 42.5 Å². The molecule has 0 radical (unpaired) electrons. The number of hydrogen-bond acceptors (Lipinski definition) is 4. The maximum absolute atomic E-state index is 14.2. The quantitative estimate of drug-likeness (QED) is 0.319. The molecule has 0 bridgehead atoms. The summed E-state index contributed by atoms with van der Waals surface area (Å²) in [6.45, 7) is 0.202. The summed E-state index contributed by atoms with van der Waals surface area (Å²) in [5.74, 6) is -0.0120. The summed E-state index contributed by atoms with van der Waals surface area (Å²) in [7, 11) is 0. The van der Waals surface area contributed by atoms with Crippen LogP contribution in [0.2, 0.25) is 0 Å². The van der Waals surface area contributed by atoms with Crippen LogP contribution < -0.4 is 4.90 Å². The summed E-state index contributed by atoms with van der Waals surface area (Å²) in [4.78, 5) is 19.4. The van der Waals surface area contributed by atoms with E-state index in [9.17, 15) is 9.18 Å². The van der Waals surface area contributed by atoms with E-state index in [0.717, 1.165) is 11.1 Å². The van der Waals surface area contributed by atoms with E-state index < -0.39 is 5.82 Å². The number of anilines is 1. The van der Waals surface area contributed by atoms with Crippen LogP contribution in [-0.2, 0) is 6.54 Å². The maximum Gasteiger partial charge on any atom is 0.260 e. The number of fused-ring (bicyclic) bond motifs is 1. The van der Waals surface area contributed by atoms with Crippen molar-refractivity contribution >= 4 is 32.6 Å². The number of rotatable bonds is 5. The van der Waals surface area contributed by atoms with Gasteiger partial charge in [-0.25, -0.2) is 9.37 Å². The second-order valence-corrected chi connectivity index (χ2v) is 8.01. The zero-order chi connectivity index (χ0) is 21.2. The minimum atomic E-state index is -0.405. The standard InChI is InChI=1S/C25H17FN2O2S/c26-21-9-4-10-22-23(21)27-25(31-22)28(16-20-8-5-15-30-20)24(29)19-13-11-18(12-14-19)17-6-2-1-3-7-17/h1-15H,16H2. The molecule has 5 rings (SSSR count). The Kier molecular flexibility index (Phi) is 5.06. The van der Waals surface area contributed by atoms with Gasteiger partial charge in [0.1, 0.15) is 17.1 Å². The van der Waals surface area contributed by atoms with Crippen molar-refractivity contribution in [2.75, 3.05) is 4.90 Å². The SMILES string of the molecule is O=C(c1ccc(-c2ccccc2)cc1)N(Cc1ccco1)c1nc2c(F)cccc2s1. The van der Waals surface area contributed by atoms with Crippen LogP contribution in [0, 0.1) is 5.82 Å². The lowest BCUT2D eigenvalue weighted by molar-refractivity contribution is 0.0983. The lowest BCUT2D eigenvalue weighted by atomic mass is 10.0. The van der Waals surface area contributed by atoms with E-state index in [1.165, 1.54) is 22.3 Å². The Hall–Kier alpha value is -3.77. The van der Waals surface area contributed by atoms with Crippen LogP contribution in [0.5, 0.6) is 0 Å². The van der Waals surface area contributed by atoms with E-state index in [0.29, 0.717) is 21.2 Å². The van der Waals surface area contributed by atoms with Crippen molar-refractivity contribution in [2.45, 2.75) is 6.54 Å². The second-order valence-electron chi connectivity index (χ2n) is 7.00. The first-order valence-corrected chi connectivity index (χ1v) is 10.6. The molecule has 3 aromatic carbocycles. The van der Waals surface area contributed by atoms with Gasteiger partial charge in [0.2, 0.25) is 0 Å². The molecule has 0 spiro atoms. The molecule has 4 nitrogen and oxygen atoms in total. The van der Waals surface area contributed by atoms with Gasteiger partial charge in [0.15, 0.2) is 5.13 Å². The van der Waals surface area contributed by atoms with E-state index in [-0.39, 0.29) is 18.0 Å². The normalized spacial score (nSPS) is 11.0. The van der Waals surface area contributed by atoms with Crippen molar-refractivity contribution in [3.63, 3.8) is 0 Å². The van der Waals surface area contributed by atoms with Gasteiger partial charge in [0.05, 0.1) is 17.5 Å². The molecule has 0 aliphatic carbocycles. The molecule has 1 amide bonds. The third-order valence-electron chi connectivity index (χ3n) is 4.97. The molecule has 31 heavy (non-hydrogen) atoms. The predicted octanol–water partition coefficient (Wildman–Crippen LogP) is 6.54. The van der Waals surface area contributed by atoms with Gasteiger partial charge in [-0.1, -0.05) is 59.9 Å². The van der Waals surface area contributed by atoms with Crippen molar-refractivity contribution < 1.29 is 13.6 Å². The molecule has 0 atom stereocenters. The molecular formula is C25H17FN2O2S. The molecule has 0 aliphatic rings. The van der Waals surface area contributed by atoms with Crippen molar-refractivity contribution in [3.8, 4) is 11.1 Å². The third-order valence-corrected chi connectivity index (χ3v) is 6.01. The van der Waals surface area contributed by atoms with Crippen LogP contribution in [0.25, 0.3) is 21.3 Å². The van der Waals surface area contributed by atoms with Crippen LogP contribution in [0.3, 0.4) is 0 Å². The van der Waals surface area contributed by atoms with Crippen LogP contribution in [0.15, 0.2) is 95.6 Å². The second kappa shape index (κ2) is 8.16. The molecule has 0 N–H and O–H groups in total. The first-order valence-electron chi connectivity index (χ1n) is 9.74. The van der Waals surface area contributed by atoms with Crippen LogP contribution in [0.4, 0.5) is 9.52 Å². The Labute approximate surface area is 182 Å². The smallest absolute Gasteiger partial charge is 0.260 e. The van der Waals surface area contributed by atoms with Crippen molar-refractivity contribution in [2.24, 2.45) is 0 Å². The number of furan rings is 1. The van der Waals surface area contributed by atoms with Crippen LogP contribution in [-0.4, -0.2) is 10.9 Å². The Morgan fingerprint density at radius 1 is 0.903 bits per heavy atom. The average molecular weight is 428 g/mol. The molecule has 6 heteroatoms. The number of halogens is 1. The molecule has 0 unspecified atom stereocenters. The number of amides is 1. The molecule has 2 aromatic heterocycles. The Bertz CT molecular complexity index is 1330. The van der Waals surface area contributed by atoms with Crippen molar-refractivity contribution in [1.82, 2.24) is 4.98 Å². The first kappa shape index (κ1) is 19.2. The maximum atomic E-state index is 14.2. The van der Waals surface area contributed by atoms with Gasteiger partial charge in [0.25, 0.3) is 5.91 Å². The summed E-state index contributed by atoms with van der Waals surface area (Å²) < 4.78 is 20.3.